The number of benzene rings is 1. The molecule has 0 bridgehead atoms. The molecule has 1 aliphatic carbocycles. The van der Waals surface area contributed by atoms with E-state index in [4.69, 9.17) is 5.73 Å². The minimum absolute atomic E-state index is 0.0102. The van der Waals surface area contributed by atoms with Crippen molar-refractivity contribution in [3.63, 3.8) is 0 Å². The Morgan fingerprint density at radius 3 is 2.69 bits per heavy atom. The second-order valence-electron chi connectivity index (χ2n) is 8.83. The lowest BCUT2D eigenvalue weighted by Crippen LogP contribution is -2.26. The number of aryl methyl sites for hydroxylation is 1. The zero-order chi connectivity index (χ0) is 22.2. The molecule has 1 aromatic carbocycles. The van der Waals surface area contributed by atoms with Gasteiger partial charge in [0.1, 0.15) is 0 Å². The molecular formula is C25H29N5OS. The molecule has 7 heteroatoms. The highest BCUT2D eigenvalue weighted by Crippen LogP contribution is 2.43. The monoisotopic (exact) mass is 447 g/mol. The van der Waals surface area contributed by atoms with Gasteiger partial charge in [0.05, 0.1) is 17.1 Å². The highest BCUT2D eigenvalue weighted by Gasteiger charge is 2.32. The van der Waals surface area contributed by atoms with Crippen LogP contribution in [0.5, 0.6) is 0 Å². The zero-order valence-electron chi connectivity index (χ0n) is 18.5. The number of nitrogen functional groups attached to an aromatic ring is 1. The van der Waals surface area contributed by atoms with Gasteiger partial charge in [-0.1, -0.05) is 31.6 Å². The number of anilines is 1. The van der Waals surface area contributed by atoms with Gasteiger partial charge in [0.15, 0.2) is 5.82 Å². The van der Waals surface area contributed by atoms with Gasteiger partial charge in [-0.05, 0) is 43.0 Å². The van der Waals surface area contributed by atoms with Crippen LogP contribution in [-0.4, -0.2) is 43.9 Å². The van der Waals surface area contributed by atoms with Crippen LogP contribution >= 0.6 is 11.8 Å². The first kappa shape index (κ1) is 21.1. The van der Waals surface area contributed by atoms with Gasteiger partial charge < -0.3 is 15.2 Å². The summed E-state index contributed by atoms with van der Waals surface area (Å²) in [5.74, 6) is 0.656. The highest BCUT2D eigenvalue weighted by atomic mass is 32.2. The quantitative estimate of drug-likeness (QED) is 0.571. The highest BCUT2D eigenvalue weighted by molar-refractivity contribution is 8.00. The topological polar surface area (TPSA) is 77.0 Å². The molecule has 0 spiro atoms. The summed E-state index contributed by atoms with van der Waals surface area (Å²) in [6, 6.07) is 8.87. The fraction of sp³-hybridized carbons (Fsp3) is 0.400. The van der Waals surface area contributed by atoms with E-state index >= 15 is 0 Å². The lowest BCUT2D eigenvalue weighted by molar-refractivity contribution is -0.125. The summed E-state index contributed by atoms with van der Waals surface area (Å²) in [6.07, 6.45) is 9.42. The van der Waals surface area contributed by atoms with Crippen molar-refractivity contribution in [1.82, 2.24) is 19.7 Å². The van der Waals surface area contributed by atoms with Crippen LogP contribution in [0.3, 0.4) is 0 Å². The van der Waals surface area contributed by atoms with Crippen LogP contribution in [0.4, 0.5) is 5.82 Å². The van der Waals surface area contributed by atoms with E-state index in [0.717, 1.165) is 40.2 Å². The molecule has 2 N–H and O–H groups in total. The minimum Gasteiger partial charge on any atom is -0.382 e. The molecule has 1 unspecified atom stereocenters. The number of amides is 1. The molecule has 166 valence electrons. The Labute approximate surface area is 192 Å². The summed E-state index contributed by atoms with van der Waals surface area (Å²) in [4.78, 5) is 15.4. The van der Waals surface area contributed by atoms with Crippen LogP contribution in [0.15, 0.2) is 48.0 Å². The molecule has 1 saturated heterocycles. The zero-order valence-corrected chi connectivity index (χ0v) is 19.3. The fourth-order valence-corrected chi connectivity index (χ4v) is 6.56. The molecule has 5 rings (SSSR count). The summed E-state index contributed by atoms with van der Waals surface area (Å²) in [5.41, 5.74) is 10.8. The summed E-state index contributed by atoms with van der Waals surface area (Å²) < 4.78 is 2.18. The molecule has 0 radical (unpaired) electrons. The molecule has 2 aromatic heterocycles. The van der Waals surface area contributed by atoms with Crippen molar-refractivity contribution in [1.29, 1.82) is 0 Å². The van der Waals surface area contributed by atoms with Gasteiger partial charge in [0.25, 0.3) is 0 Å². The molecule has 1 amide bonds. The molecule has 1 atom stereocenters. The smallest absolute Gasteiger partial charge is 0.245 e. The first-order valence-electron chi connectivity index (χ1n) is 11.3. The number of nitrogens with zero attached hydrogens (tertiary/aromatic N) is 4. The van der Waals surface area contributed by atoms with Crippen molar-refractivity contribution >= 4 is 34.4 Å². The first-order chi connectivity index (χ1) is 15.6. The van der Waals surface area contributed by atoms with Crippen molar-refractivity contribution in [3.8, 4) is 11.1 Å². The Morgan fingerprint density at radius 1 is 1.22 bits per heavy atom. The van der Waals surface area contributed by atoms with Gasteiger partial charge in [-0.2, -0.15) is 5.10 Å². The van der Waals surface area contributed by atoms with Gasteiger partial charge in [-0.25, -0.2) is 0 Å². The number of hydrogen-bond donors (Lipinski definition) is 1. The molecule has 32 heavy (non-hydrogen) atoms. The summed E-state index contributed by atoms with van der Waals surface area (Å²) >= 11 is 2.00. The third kappa shape index (κ3) is 3.68. The average Bonchev–Trinajstić information content (AvgIpc) is 3.54. The van der Waals surface area contributed by atoms with Crippen molar-refractivity contribution in [2.45, 2.75) is 48.2 Å². The number of likely N-dealkylation sites (tertiary alicyclic amines) is 1. The summed E-state index contributed by atoms with van der Waals surface area (Å²) in [6.45, 7) is 5.06. The van der Waals surface area contributed by atoms with E-state index in [1.807, 2.05) is 16.7 Å². The van der Waals surface area contributed by atoms with Crippen molar-refractivity contribution in [2.24, 2.45) is 7.05 Å². The Bertz CT molecular complexity index is 1160. The first-order valence-corrected chi connectivity index (χ1v) is 12.2. The molecule has 1 saturated carbocycles. The van der Waals surface area contributed by atoms with Gasteiger partial charge in [-0.15, -0.1) is 16.9 Å². The van der Waals surface area contributed by atoms with E-state index in [1.54, 1.807) is 6.20 Å². The Kier molecular flexibility index (Phi) is 5.67. The lowest BCUT2D eigenvalue weighted by atomic mass is 9.94. The maximum Gasteiger partial charge on any atom is 0.245 e. The van der Waals surface area contributed by atoms with Gasteiger partial charge in [0.2, 0.25) is 5.91 Å². The average molecular weight is 448 g/mol. The normalized spacial score (nSPS) is 19.2. The standard InChI is InChI=1S/C25H29N5OS/c1-3-21(31)30-13-12-17(15-30)24-22(23-20(29(24)2)14-27-28-25(23)26)16-8-10-19(11-9-16)32-18-6-4-5-7-18/h3,8-11,14,17-18H,1,4-7,12-13,15H2,2H3,(H2,26,28). The summed E-state index contributed by atoms with van der Waals surface area (Å²) in [5, 5.41) is 9.94. The van der Waals surface area contributed by atoms with Crippen LogP contribution < -0.4 is 5.73 Å². The number of fused-ring (bicyclic) bond motifs is 1. The van der Waals surface area contributed by atoms with E-state index in [9.17, 15) is 4.79 Å². The van der Waals surface area contributed by atoms with Gasteiger partial charge in [-0.3, -0.25) is 4.79 Å². The predicted molar refractivity (Wildman–Crippen MR) is 131 cm³/mol. The minimum atomic E-state index is -0.0102. The third-order valence-corrected chi connectivity index (χ3v) is 8.24. The Hall–Kier alpha value is -2.80. The molecule has 1 aliphatic heterocycles. The molecule has 2 aliphatic rings. The predicted octanol–water partition coefficient (Wildman–Crippen LogP) is 4.75. The van der Waals surface area contributed by atoms with Crippen molar-refractivity contribution in [3.05, 3.63) is 48.8 Å². The number of aromatic nitrogens is 3. The second-order valence-corrected chi connectivity index (χ2v) is 10.2. The van der Waals surface area contributed by atoms with Gasteiger partial charge >= 0.3 is 0 Å². The van der Waals surface area contributed by atoms with Crippen LogP contribution in [0.25, 0.3) is 22.0 Å². The molecule has 6 nitrogen and oxygen atoms in total. The second kappa shape index (κ2) is 8.62. The van der Waals surface area contributed by atoms with Crippen LogP contribution in [0, 0.1) is 0 Å². The van der Waals surface area contributed by atoms with Crippen molar-refractivity contribution < 1.29 is 4.79 Å². The number of hydrogen-bond acceptors (Lipinski definition) is 5. The largest absolute Gasteiger partial charge is 0.382 e. The van der Waals surface area contributed by atoms with Gasteiger partial charge in [0, 0.05) is 47.5 Å². The van der Waals surface area contributed by atoms with E-state index in [1.165, 1.54) is 42.3 Å². The molecular weight excluding hydrogens is 418 g/mol. The van der Waals surface area contributed by atoms with Crippen LogP contribution in [0.1, 0.15) is 43.7 Å². The number of rotatable bonds is 5. The van der Waals surface area contributed by atoms with E-state index in [0.29, 0.717) is 12.4 Å². The Morgan fingerprint density at radius 2 is 1.97 bits per heavy atom. The maximum absolute atomic E-state index is 12.2. The SMILES string of the molecule is C=CC(=O)N1CCC(c2c(-c3ccc(SC4CCCC4)cc3)c3c(N)nncc3n2C)C1. The van der Waals surface area contributed by atoms with E-state index in [-0.39, 0.29) is 11.8 Å². The number of carbonyl (C=O) groups is 1. The van der Waals surface area contributed by atoms with E-state index < -0.39 is 0 Å². The van der Waals surface area contributed by atoms with E-state index in [2.05, 4.69) is 52.7 Å². The van der Waals surface area contributed by atoms with Crippen LogP contribution in [0.2, 0.25) is 0 Å². The number of thioether (sulfide) groups is 1. The molecule has 2 fully saturated rings. The molecule has 3 aromatic rings. The maximum atomic E-state index is 12.2. The van der Waals surface area contributed by atoms with Crippen LogP contribution in [-0.2, 0) is 11.8 Å². The summed E-state index contributed by atoms with van der Waals surface area (Å²) in [7, 11) is 2.06. The third-order valence-electron chi connectivity index (χ3n) is 6.90. The lowest BCUT2D eigenvalue weighted by Gasteiger charge is -2.17. The Balaban J connectivity index is 1.56. The fourth-order valence-electron chi connectivity index (χ4n) is 5.31. The molecule has 3 heterocycles. The number of carbonyl (C=O) groups excluding carboxylic acids is 1. The van der Waals surface area contributed by atoms with Crippen molar-refractivity contribution in [2.75, 3.05) is 18.8 Å². The number of nitrogens with two attached hydrogens (primary N) is 1.